The van der Waals surface area contributed by atoms with Gasteiger partial charge in [0.05, 0.1) is 13.2 Å². The van der Waals surface area contributed by atoms with Crippen molar-refractivity contribution in [2.24, 2.45) is 22.7 Å². The minimum Gasteiger partial charge on any atom is -0.493 e. The monoisotopic (exact) mass is 292 g/mol. The summed E-state index contributed by atoms with van der Waals surface area (Å²) < 4.78 is 11.4. The van der Waals surface area contributed by atoms with Crippen molar-refractivity contribution in [3.8, 4) is 11.5 Å². The zero-order valence-corrected chi connectivity index (χ0v) is 12.9. The lowest BCUT2D eigenvalue weighted by Gasteiger charge is -2.32. The Morgan fingerprint density at radius 1 is 1.24 bits per heavy atom. The first-order chi connectivity index (χ1) is 10.0. The third kappa shape index (κ3) is 3.60. The minimum absolute atomic E-state index is 0.0555. The van der Waals surface area contributed by atoms with Crippen LogP contribution >= 0.6 is 0 Å². The molecule has 1 aromatic rings. The highest BCUT2D eigenvalue weighted by Gasteiger charge is 2.26. The smallest absolute Gasteiger partial charge is 0.170 e. The lowest BCUT2D eigenvalue weighted by atomic mass is 9.80. The van der Waals surface area contributed by atoms with Gasteiger partial charge in [-0.2, -0.15) is 0 Å². The quantitative estimate of drug-likeness (QED) is 0.387. The minimum atomic E-state index is 0.0555. The normalized spacial score (nSPS) is 26.4. The molecule has 1 fully saturated rings. The maximum absolute atomic E-state index is 8.73. The summed E-state index contributed by atoms with van der Waals surface area (Å²) in [5, 5.41) is 11.7. The van der Waals surface area contributed by atoms with Gasteiger partial charge in [0.2, 0.25) is 0 Å². The van der Waals surface area contributed by atoms with Crippen molar-refractivity contribution in [3.63, 3.8) is 0 Å². The molecule has 3 N–H and O–H groups in total. The molecule has 0 radical (unpaired) electrons. The molecular weight excluding hydrogens is 268 g/mol. The molecule has 0 heterocycles. The number of hydrogen-bond acceptors (Lipinski definition) is 4. The van der Waals surface area contributed by atoms with E-state index in [-0.39, 0.29) is 11.9 Å². The van der Waals surface area contributed by atoms with Crippen LogP contribution in [0.3, 0.4) is 0 Å². The average molecular weight is 292 g/mol. The van der Waals surface area contributed by atoms with Crippen molar-refractivity contribution in [1.29, 1.82) is 0 Å². The summed E-state index contributed by atoms with van der Waals surface area (Å²) in [6.45, 7) is 4.58. The predicted molar refractivity (Wildman–Crippen MR) is 82.1 cm³/mol. The molecule has 0 aliphatic heterocycles. The third-order valence-electron chi connectivity index (χ3n) is 4.41. The van der Waals surface area contributed by atoms with Crippen LogP contribution in [0.15, 0.2) is 23.4 Å². The van der Waals surface area contributed by atoms with Crippen molar-refractivity contribution in [1.82, 2.24) is 0 Å². The highest BCUT2D eigenvalue weighted by Crippen LogP contribution is 2.35. The van der Waals surface area contributed by atoms with Crippen LogP contribution in [0.1, 0.15) is 38.7 Å². The zero-order valence-electron chi connectivity index (χ0n) is 12.9. The topological polar surface area (TPSA) is 77.1 Å². The molecule has 0 aromatic heterocycles. The molecule has 5 nitrogen and oxygen atoms in total. The van der Waals surface area contributed by atoms with Gasteiger partial charge in [-0.1, -0.05) is 19.0 Å². The molecule has 2 rings (SSSR count). The summed E-state index contributed by atoms with van der Waals surface area (Å²) >= 11 is 0. The van der Waals surface area contributed by atoms with Crippen LogP contribution in [0.2, 0.25) is 0 Å². The number of benzene rings is 1. The van der Waals surface area contributed by atoms with Crippen LogP contribution in [-0.2, 0) is 0 Å². The van der Waals surface area contributed by atoms with E-state index in [4.69, 9.17) is 20.4 Å². The predicted octanol–water partition coefficient (Wildman–Crippen LogP) is 2.99. The Balaban J connectivity index is 2.13. The molecule has 1 saturated carbocycles. The number of nitrogens with two attached hydrogens (primary N) is 1. The Morgan fingerprint density at radius 3 is 2.62 bits per heavy atom. The summed E-state index contributed by atoms with van der Waals surface area (Å²) in [5.74, 6) is 2.80. The molecule has 0 bridgehead atoms. The maximum Gasteiger partial charge on any atom is 0.170 e. The van der Waals surface area contributed by atoms with Gasteiger partial charge in [-0.05, 0) is 49.3 Å². The zero-order chi connectivity index (χ0) is 15.4. The molecule has 1 aromatic carbocycles. The molecule has 1 aliphatic carbocycles. The molecule has 1 aliphatic rings. The van der Waals surface area contributed by atoms with Gasteiger partial charge in [-0.15, -0.1) is 0 Å². The number of rotatable bonds is 4. The number of ether oxygens (including phenoxy) is 2. The number of amidine groups is 1. The summed E-state index contributed by atoms with van der Waals surface area (Å²) in [4.78, 5) is 0. The first kappa shape index (κ1) is 15.5. The van der Waals surface area contributed by atoms with E-state index in [0.717, 1.165) is 18.8 Å². The second-order valence-corrected chi connectivity index (χ2v) is 5.86. The van der Waals surface area contributed by atoms with Crippen molar-refractivity contribution in [2.45, 2.75) is 39.2 Å². The summed E-state index contributed by atoms with van der Waals surface area (Å²) in [6.07, 6.45) is 3.54. The van der Waals surface area contributed by atoms with Crippen LogP contribution in [0.4, 0.5) is 0 Å². The molecule has 21 heavy (non-hydrogen) atoms. The van der Waals surface area contributed by atoms with Gasteiger partial charge >= 0.3 is 0 Å². The fourth-order valence-electron chi connectivity index (χ4n) is 2.77. The van der Waals surface area contributed by atoms with Gasteiger partial charge in [0.1, 0.15) is 0 Å². The SMILES string of the molecule is COc1cc(C(N)=NO)ccc1OC1CCC(C)C(C)C1. The maximum atomic E-state index is 8.73. The molecule has 116 valence electrons. The standard InChI is InChI=1S/C16H24N2O3/c1-10-4-6-13(8-11(10)2)21-14-7-5-12(16(17)18-19)9-15(14)20-3/h5,7,9-11,13,19H,4,6,8H2,1-3H3,(H2,17,18). The third-order valence-corrected chi connectivity index (χ3v) is 4.41. The van der Waals surface area contributed by atoms with E-state index in [2.05, 4.69) is 19.0 Å². The largest absolute Gasteiger partial charge is 0.493 e. The summed E-state index contributed by atoms with van der Waals surface area (Å²) in [6, 6.07) is 5.30. The molecule has 0 spiro atoms. The fourth-order valence-corrected chi connectivity index (χ4v) is 2.77. The molecule has 5 heteroatoms. The summed E-state index contributed by atoms with van der Waals surface area (Å²) in [5.41, 5.74) is 6.19. The molecular formula is C16H24N2O3. The van der Waals surface area contributed by atoms with Gasteiger partial charge in [0.25, 0.3) is 0 Å². The Hall–Kier alpha value is -1.91. The lowest BCUT2D eigenvalue weighted by molar-refractivity contribution is 0.0977. The lowest BCUT2D eigenvalue weighted by Crippen LogP contribution is -2.28. The number of hydrogen-bond donors (Lipinski definition) is 2. The highest BCUT2D eigenvalue weighted by molar-refractivity contribution is 5.97. The number of methoxy groups -OCH3 is 1. The first-order valence-electron chi connectivity index (χ1n) is 7.37. The van der Waals surface area contributed by atoms with Gasteiger partial charge in [0.15, 0.2) is 17.3 Å². The average Bonchev–Trinajstić information content (AvgIpc) is 2.50. The van der Waals surface area contributed by atoms with E-state index >= 15 is 0 Å². The van der Waals surface area contributed by atoms with E-state index in [1.54, 1.807) is 19.2 Å². The summed E-state index contributed by atoms with van der Waals surface area (Å²) in [7, 11) is 1.59. The van der Waals surface area contributed by atoms with Gasteiger partial charge < -0.3 is 20.4 Å². The van der Waals surface area contributed by atoms with Crippen molar-refractivity contribution in [2.75, 3.05) is 7.11 Å². The number of nitrogens with zero attached hydrogens (tertiary/aromatic N) is 1. The van der Waals surface area contributed by atoms with Crippen molar-refractivity contribution >= 4 is 5.84 Å². The van der Waals surface area contributed by atoms with Gasteiger partial charge in [-0.3, -0.25) is 0 Å². The Labute approximate surface area is 125 Å². The van der Waals surface area contributed by atoms with Crippen LogP contribution in [0.5, 0.6) is 11.5 Å². The van der Waals surface area contributed by atoms with Crippen LogP contribution < -0.4 is 15.2 Å². The van der Waals surface area contributed by atoms with Crippen LogP contribution in [0, 0.1) is 11.8 Å². The van der Waals surface area contributed by atoms with Gasteiger partial charge in [-0.25, -0.2) is 0 Å². The van der Waals surface area contributed by atoms with E-state index < -0.39 is 0 Å². The van der Waals surface area contributed by atoms with Crippen molar-refractivity contribution < 1.29 is 14.7 Å². The second-order valence-electron chi connectivity index (χ2n) is 5.86. The van der Waals surface area contributed by atoms with E-state index in [9.17, 15) is 0 Å². The Kier molecular flexibility index (Phi) is 4.94. The van der Waals surface area contributed by atoms with E-state index in [1.165, 1.54) is 6.42 Å². The Bertz CT molecular complexity index is 516. The van der Waals surface area contributed by atoms with Crippen LogP contribution in [0.25, 0.3) is 0 Å². The molecule has 3 unspecified atom stereocenters. The van der Waals surface area contributed by atoms with Gasteiger partial charge in [0, 0.05) is 5.56 Å². The molecule has 0 amide bonds. The molecule has 3 atom stereocenters. The molecule has 0 saturated heterocycles. The van der Waals surface area contributed by atoms with E-state index in [1.807, 2.05) is 6.07 Å². The second kappa shape index (κ2) is 6.70. The Morgan fingerprint density at radius 2 is 2.00 bits per heavy atom. The van der Waals surface area contributed by atoms with Crippen molar-refractivity contribution in [3.05, 3.63) is 23.8 Å². The van der Waals surface area contributed by atoms with Crippen LogP contribution in [-0.4, -0.2) is 24.3 Å². The highest BCUT2D eigenvalue weighted by atomic mass is 16.5. The van der Waals surface area contributed by atoms with E-state index in [0.29, 0.717) is 23.0 Å². The fraction of sp³-hybridized carbons (Fsp3) is 0.562. The number of oxime groups is 1. The first-order valence-corrected chi connectivity index (χ1v) is 7.37.